The molecular formula is C15H20ClNO3S. The summed E-state index contributed by atoms with van der Waals surface area (Å²) in [6, 6.07) is 7.42. The molecule has 0 saturated carbocycles. The van der Waals surface area contributed by atoms with Gasteiger partial charge in [-0.05, 0) is 43.4 Å². The summed E-state index contributed by atoms with van der Waals surface area (Å²) in [6.07, 6.45) is 3.63. The number of rotatable bonds is 5. The minimum absolute atomic E-state index is 0.0308. The molecule has 3 rings (SSSR count). The molecule has 0 spiro atoms. The lowest BCUT2D eigenvalue weighted by molar-refractivity contribution is 0.108. The van der Waals surface area contributed by atoms with E-state index in [4.69, 9.17) is 16.3 Å². The molecule has 0 aromatic heterocycles. The predicted octanol–water partition coefficient (Wildman–Crippen LogP) is 2.99. The zero-order valence-electron chi connectivity index (χ0n) is 11.9. The van der Waals surface area contributed by atoms with Crippen LogP contribution in [0.4, 0.5) is 0 Å². The minimum atomic E-state index is -3.20. The SMILES string of the molecule is O=S(=O)(CC[C@H]1CCCO1)N1CC[C@H]1c1ccc(Cl)cc1. The van der Waals surface area contributed by atoms with Crippen LogP contribution in [-0.4, -0.2) is 37.7 Å². The first kappa shape index (κ1) is 15.3. The van der Waals surface area contributed by atoms with Crippen LogP contribution in [0.5, 0.6) is 0 Å². The zero-order valence-corrected chi connectivity index (χ0v) is 13.4. The molecule has 2 atom stereocenters. The summed E-state index contributed by atoms with van der Waals surface area (Å²) in [4.78, 5) is 0. The Bertz CT molecular complexity index is 581. The molecule has 4 nitrogen and oxygen atoms in total. The van der Waals surface area contributed by atoms with Crippen LogP contribution in [0.25, 0.3) is 0 Å². The van der Waals surface area contributed by atoms with Crippen LogP contribution in [0.2, 0.25) is 5.02 Å². The van der Waals surface area contributed by atoms with Gasteiger partial charge in [0.25, 0.3) is 0 Å². The number of sulfonamides is 1. The summed E-state index contributed by atoms with van der Waals surface area (Å²) in [5, 5.41) is 0.672. The van der Waals surface area contributed by atoms with Crippen LogP contribution in [0.1, 0.15) is 37.3 Å². The van der Waals surface area contributed by atoms with Crippen LogP contribution < -0.4 is 0 Å². The van der Waals surface area contributed by atoms with Crippen LogP contribution in [0.15, 0.2) is 24.3 Å². The van der Waals surface area contributed by atoms with Crippen molar-refractivity contribution in [2.45, 2.75) is 37.8 Å². The van der Waals surface area contributed by atoms with E-state index in [9.17, 15) is 8.42 Å². The fourth-order valence-corrected chi connectivity index (χ4v) is 4.90. The summed E-state index contributed by atoms with van der Waals surface area (Å²) in [7, 11) is -3.20. The lowest BCUT2D eigenvalue weighted by Gasteiger charge is -2.40. The van der Waals surface area contributed by atoms with Crippen molar-refractivity contribution in [1.29, 1.82) is 0 Å². The first-order chi connectivity index (χ1) is 10.1. The van der Waals surface area contributed by atoms with E-state index >= 15 is 0 Å². The van der Waals surface area contributed by atoms with E-state index in [-0.39, 0.29) is 17.9 Å². The molecule has 0 radical (unpaired) electrons. The first-order valence-corrected chi connectivity index (χ1v) is 9.41. The molecule has 6 heteroatoms. The lowest BCUT2D eigenvalue weighted by Crippen LogP contribution is -2.46. The molecule has 2 aliphatic rings. The van der Waals surface area contributed by atoms with Gasteiger partial charge in [-0.15, -0.1) is 0 Å². The third-order valence-corrected chi connectivity index (χ3v) is 6.46. The van der Waals surface area contributed by atoms with Gasteiger partial charge in [0, 0.05) is 18.2 Å². The Kier molecular flexibility index (Phi) is 4.54. The molecule has 0 unspecified atom stereocenters. The summed E-state index contributed by atoms with van der Waals surface area (Å²) in [5.41, 5.74) is 1.02. The summed E-state index contributed by atoms with van der Waals surface area (Å²) >= 11 is 5.88. The fourth-order valence-electron chi connectivity index (χ4n) is 2.98. The minimum Gasteiger partial charge on any atom is -0.378 e. The highest BCUT2D eigenvalue weighted by atomic mass is 35.5. The molecule has 1 aromatic rings. The second-order valence-corrected chi connectivity index (χ2v) is 8.18. The molecule has 0 bridgehead atoms. The van der Waals surface area contributed by atoms with Gasteiger partial charge in [-0.1, -0.05) is 23.7 Å². The predicted molar refractivity (Wildman–Crippen MR) is 82.9 cm³/mol. The van der Waals surface area contributed by atoms with E-state index < -0.39 is 10.0 Å². The summed E-state index contributed by atoms with van der Waals surface area (Å²) < 4.78 is 32.1. The summed E-state index contributed by atoms with van der Waals surface area (Å²) in [5.74, 6) is 0.182. The molecule has 2 fully saturated rings. The van der Waals surface area contributed by atoms with Crippen LogP contribution in [0, 0.1) is 0 Å². The van der Waals surface area contributed by atoms with Crippen molar-refractivity contribution in [2.75, 3.05) is 18.9 Å². The molecule has 0 aliphatic carbocycles. The highest BCUT2D eigenvalue weighted by Crippen LogP contribution is 2.36. The second-order valence-electron chi connectivity index (χ2n) is 5.71. The van der Waals surface area contributed by atoms with Gasteiger partial charge < -0.3 is 4.74 Å². The van der Waals surface area contributed by atoms with Crippen LogP contribution in [-0.2, 0) is 14.8 Å². The van der Waals surface area contributed by atoms with Crippen molar-refractivity contribution in [3.05, 3.63) is 34.9 Å². The van der Waals surface area contributed by atoms with Crippen LogP contribution in [0.3, 0.4) is 0 Å². The van der Waals surface area contributed by atoms with Crippen molar-refractivity contribution in [1.82, 2.24) is 4.31 Å². The monoisotopic (exact) mass is 329 g/mol. The van der Waals surface area contributed by atoms with Gasteiger partial charge >= 0.3 is 0 Å². The molecule has 0 N–H and O–H groups in total. The highest BCUT2D eigenvalue weighted by molar-refractivity contribution is 7.89. The Balaban J connectivity index is 1.63. The first-order valence-electron chi connectivity index (χ1n) is 7.43. The number of hydrogen-bond donors (Lipinski definition) is 0. The van der Waals surface area contributed by atoms with Crippen molar-refractivity contribution >= 4 is 21.6 Å². The third-order valence-electron chi connectivity index (χ3n) is 4.30. The van der Waals surface area contributed by atoms with Gasteiger partial charge in [-0.2, -0.15) is 4.31 Å². The average molecular weight is 330 g/mol. The normalized spacial score (nSPS) is 26.7. The molecule has 0 amide bonds. The topological polar surface area (TPSA) is 46.6 Å². The van der Waals surface area contributed by atoms with Crippen molar-refractivity contribution in [3.8, 4) is 0 Å². The number of nitrogens with zero attached hydrogens (tertiary/aromatic N) is 1. The van der Waals surface area contributed by atoms with E-state index in [1.807, 2.05) is 24.3 Å². The Morgan fingerprint density at radius 3 is 2.57 bits per heavy atom. The standard InChI is InChI=1S/C15H20ClNO3S/c16-13-5-3-12(4-6-13)15-7-9-17(15)21(18,19)11-8-14-2-1-10-20-14/h3-6,14-15H,1-2,7-11H2/t14-,15+/m1/s1. The van der Waals surface area contributed by atoms with Crippen molar-refractivity contribution < 1.29 is 13.2 Å². The van der Waals surface area contributed by atoms with Gasteiger partial charge in [0.15, 0.2) is 0 Å². The fraction of sp³-hybridized carbons (Fsp3) is 0.600. The van der Waals surface area contributed by atoms with E-state index in [1.165, 1.54) is 0 Å². The molecule has 2 heterocycles. The molecule has 2 aliphatic heterocycles. The molecule has 21 heavy (non-hydrogen) atoms. The maximum Gasteiger partial charge on any atom is 0.214 e. The second kappa shape index (κ2) is 6.24. The number of ether oxygens (including phenoxy) is 1. The summed E-state index contributed by atoms with van der Waals surface area (Å²) in [6.45, 7) is 1.38. The van der Waals surface area contributed by atoms with Crippen LogP contribution >= 0.6 is 11.6 Å². The molecule has 2 saturated heterocycles. The van der Waals surface area contributed by atoms with Crippen molar-refractivity contribution in [2.24, 2.45) is 0 Å². The lowest BCUT2D eigenvalue weighted by atomic mass is 9.98. The van der Waals surface area contributed by atoms with E-state index in [0.29, 0.717) is 18.0 Å². The Morgan fingerprint density at radius 1 is 1.24 bits per heavy atom. The van der Waals surface area contributed by atoms with E-state index in [0.717, 1.165) is 31.4 Å². The Labute approximate surface area is 131 Å². The smallest absolute Gasteiger partial charge is 0.214 e. The number of benzene rings is 1. The quantitative estimate of drug-likeness (QED) is 0.834. The van der Waals surface area contributed by atoms with Gasteiger partial charge in [0.2, 0.25) is 10.0 Å². The van der Waals surface area contributed by atoms with Gasteiger partial charge in [-0.25, -0.2) is 8.42 Å². The number of halogens is 1. The molecular weight excluding hydrogens is 310 g/mol. The molecule has 116 valence electrons. The Morgan fingerprint density at radius 2 is 2.00 bits per heavy atom. The van der Waals surface area contributed by atoms with E-state index in [2.05, 4.69) is 0 Å². The zero-order chi connectivity index (χ0) is 14.9. The van der Waals surface area contributed by atoms with Crippen molar-refractivity contribution in [3.63, 3.8) is 0 Å². The van der Waals surface area contributed by atoms with Gasteiger partial charge in [-0.3, -0.25) is 0 Å². The van der Waals surface area contributed by atoms with Gasteiger partial charge in [0.1, 0.15) is 0 Å². The van der Waals surface area contributed by atoms with E-state index in [1.54, 1.807) is 4.31 Å². The largest absolute Gasteiger partial charge is 0.378 e. The number of hydrogen-bond acceptors (Lipinski definition) is 3. The van der Waals surface area contributed by atoms with Gasteiger partial charge in [0.05, 0.1) is 17.9 Å². The third kappa shape index (κ3) is 3.42. The maximum atomic E-state index is 12.5. The Hall–Kier alpha value is -0.620. The maximum absolute atomic E-state index is 12.5. The average Bonchev–Trinajstić information content (AvgIpc) is 2.90. The molecule has 1 aromatic carbocycles. The highest BCUT2D eigenvalue weighted by Gasteiger charge is 2.38.